The van der Waals surface area contributed by atoms with Gasteiger partial charge in [0.05, 0.1) is 0 Å². The highest BCUT2D eigenvalue weighted by Gasteiger charge is 2.27. The molecule has 1 fully saturated rings. The molecule has 0 atom stereocenters. The number of carbonyl (C=O) groups is 3. The van der Waals surface area contributed by atoms with Gasteiger partial charge < -0.3 is 30.6 Å². The Morgan fingerprint density at radius 3 is 2.33 bits per heavy atom. The minimum Gasteiger partial charge on any atom is -0.494 e. The highest BCUT2D eigenvalue weighted by molar-refractivity contribution is 6.19. The number of aliphatic hydroxyl groups excluding tert-OH is 1. The number of aromatic nitrogens is 1. The van der Waals surface area contributed by atoms with Gasteiger partial charge in [-0.25, -0.2) is 4.98 Å². The minimum absolute atomic E-state index is 0.0965. The Balaban J connectivity index is 1.45. The average molecular weight is 493 g/mol. The Labute approximate surface area is 207 Å². The quantitative estimate of drug-likeness (QED) is 0.132. The summed E-state index contributed by atoms with van der Waals surface area (Å²) in [6, 6.07) is 14.6. The van der Waals surface area contributed by atoms with Gasteiger partial charge in [0.2, 0.25) is 11.8 Å². The normalized spacial score (nSPS) is 14.7. The fourth-order valence-electron chi connectivity index (χ4n) is 4.10. The van der Waals surface area contributed by atoms with E-state index < -0.39 is 35.8 Å². The van der Waals surface area contributed by atoms with Crippen molar-refractivity contribution in [2.24, 2.45) is 0 Å². The molecule has 5 N–H and O–H groups in total. The van der Waals surface area contributed by atoms with Crippen LogP contribution in [0, 0.1) is 0 Å². The number of aliphatic hydroxyl groups is 1. The van der Waals surface area contributed by atoms with Crippen LogP contribution < -0.4 is 16.0 Å². The van der Waals surface area contributed by atoms with Gasteiger partial charge in [0.15, 0.2) is 11.2 Å². The molecule has 1 saturated carbocycles. The molecular weight excluding hydrogens is 464 g/mol. The van der Waals surface area contributed by atoms with Crippen LogP contribution in [-0.4, -0.2) is 45.6 Å². The van der Waals surface area contributed by atoms with E-state index in [-0.39, 0.29) is 12.6 Å². The fraction of sp³-hybridized carbons (Fsp3) is 0.308. The smallest absolute Gasteiger partial charge is 0.322 e. The maximum Gasteiger partial charge on any atom is 0.322 e. The van der Waals surface area contributed by atoms with Crippen molar-refractivity contribution in [3.63, 3.8) is 0 Å². The topological polar surface area (TPSA) is 154 Å². The number of para-hydroxylation sites is 2. The number of benzene rings is 2. The van der Waals surface area contributed by atoms with Crippen LogP contribution in [0.2, 0.25) is 0 Å². The number of amides is 2. The van der Waals surface area contributed by atoms with Crippen molar-refractivity contribution in [3.05, 3.63) is 65.6 Å². The summed E-state index contributed by atoms with van der Waals surface area (Å²) in [5.74, 6) is -3.13. The first kappa shape index (κ1) is 24.8. The number of rotatable bonds is 9. The van der Waals surface area contributed by atoms with Crippen molar-refractivity contribution in [3.8, 4) is 11.5 Å². The number of fused-ring (bicyclic) bond motifs is 1. The molecule has 10 heteroatoms. The molecule has 0 unspecified atom stereocenters. The second kappa shape index (κ2) is 11.4. The van der Waals surface area contributed by atoms with Gasteiger partial charge in [-0.2, -0.15) is 0 Å². The average Bonchev–Trinajstić information content (AvgIpc) is 3.32. The van der Waals surface area contributed by atoms with Crippen LogP contribution in [0.3, 0.4) is 0 Å². The summed E-state index contributed by atoms with van der Waals surface area (Å²) >= 11 is 0. The van der Waals surface area contributed by atoms with Crippen LogP contribution in [-0.2, 0) is 20.9 Å². The molecule has 0 spiro atoms. The SMILES string of the molecule is O=C(O)CNC(=O)C(C(=O)NC1CCCCC1)=C(O)NCc1ccc(-c2nc3ccccc3o2)cc1. The highest BCUT2D eigenvalue weighted by Crippen LogP contribution is 2.24. The first-order valence-corrected chi connectivity index (χ1v) is 11.8. The lowest BCUT2D eigenvalue weighted by Crippen LogP contribution is -2.43. The van der Waals surface area contributed by atoms with E-state index >= 15 is 0 Å². The number of hydrogen-bond donors (Lipinski definition) is 5. The van der Waals surface area contributed by atoms with E-state index in [0.717, 1.165) is 48.7 Å². The lowest BCUT2D eigenvalue weighted by Gasteiger charge is -2.23. The van der Waals surface area contributed by atoms with Gasteiger partial charge >= 0.3 is 5.97 Å². The molecule has 36 heavy (non-hydrogen) atoms. The molecule has 2 amide bonds. The number of carboxylic acids is 1. The second-order valence-electron chi connectivity index (χ2n) is 8.65. The lowest BCUT2D eigenvalue weighted by atomic mass is 9.95. The molecule has 1 aliphatic carbocycles. The zero-order chi connectivity index (χ0) is 25.5. The van der Waals surface area contributed by atoms with Crippen molar-refractivity contribution in [1.29, 1.82) is 0 Å². The predicted octanol–water partition coefficient (Wildman–Crippen LogP) is 3.00. The van der Waals surface area contributed by atoms with E-state index in [1.807, 2.05) is 36.4 Å². The number of carboxylic acid groups (broad SMARTS) is 1. The second-order valence-corrected chi connectivity index (χ2v) is 8.65. The van der Waals surface area contributed by atoms with E-state index in [9.17, 15) is 19.5 Å². The van der Waals surface area contributed by atoms with Crippen molar-refractivity contribution < 1.29 is 29.0 Å². The molecule has 0 bridgehead atoms. The van der Waals surface area contributed by atoms with Crippen LogP contribution in [0.4, 0.5) is 0 Å². The van der Waals surface area contributed by atoms with E-state index in [4.69, 9.17) is 9.52 Å². The Hall–Kier alpha value is -4.34. The number of nitrogens with one attached hydrogen (secondary N) is 3. The van der Waals surface area contributed by atoms with Gasteiger partial charge in [-0.15, -0.1) is 0 Å². The van der Waals surface area contributed by atoms with Crippen LogP contribution in [0.5, 0.6) is 0 Å². The fourth-order valence-corrected chi connectivity index (χ4v) is 4.10. The maximum absolute atomic E-state index is 12.8. The molecular formula is C26H28N4O6. The number of carbonyl (C=O) groups excluding carboxylic acids is 2. The Bertz CT molecular complexity index is 1240. The molecule has 0 radical (unpaired) electrons. The third kappa shape index (κ3) is 6.21. The molecule has 3 aromatic rings. The molecule has 1 aliphatic rings. The highest BCUT2D eigenvalue weighted by atomic mass is 16.4. The number of oxazole rings is 1. The van der Waals surface area contributed by atoms with Crippen molar-refractivity contribution in [2.75, 3.05) is 6.54 Å². The number of nitrogens with zero attached hydrogens (tertiary/aromatic N) is 1. The van der Waals surface area contributed by atoms with Crippen molar-refractivity contribution >= 4 is 28.9 Å². The monoisotopic (exact) mass is 492 g/mol. The molecule has 188 valence electrons. The molecule has 1 aromatic heterocycles. The first-order chi connectivity index (χ1) is 17.4. The first-order valence-electron chi connectivity index (χ1n) is 11.8. The molecule has 2 aromatic carbocycles. The van der Waals surface area contributed by atoms with Gasteiger partial charge in [0.1, 0.15) is 12.1 Å². The largest absolute Gasteiger partial charge is 0.494 e. The van der Waals surface area contributed by atoms with Gasteiger partial charge in [0, 0.05) is 18.2 Å². The van der Waals surface area contributed by atoms with Crippen LogP contribution in [0.1, 0.15) is 37.7 Å². The third-order valence-corrected chi connectivity index (χ3v) is 5.99. The summed E-state index contributed by atoms with van der Waals surface area (Å²) in [6.07, 6.45) is 4.61. The van der Waals surface area contributed by atoms with Gasteiger partial charge in [0.25, 0.3) is 11.8 Å². The van der Waals surface area contributed by atoms with Gasteiger partial charge in [-0.05, 0) is 42.7 Å². The van der Waals surface area contributed by atoms with Crippen molar-refractivity contribution in [1.82, 2.24) is 20.9 Å². The minimum atomic E-state index is -1.26. The summed E-state index contributed by atoms with van der Waals surface area (Å²) in [5, 5.41) is 27.1. The Morgan fingerprint density at radius 1 is 0.917 bits per heavy atom. The predicted molar refractivity (Wildman–Crippen MR) is 132 cm³/mol. The summed E-state index contributed by atoms with van der Waals surface area (Å²) in [5.41, 5.74) is 2.43. The summed E-state index contributed by atoms with van der Waals surface area (Å²) in [6.45, 7) is -0.560. The molecule has 0 saturated heterocycles. The zero-order valence-electron chi connectivity index (χ0n) is 19.6. The Kier molecular flexibility index (Phi) is 7.84. The molecule has 0 aliphatic heterocycles. The van der Waals surface area contributed by atoms with E-state index in [2.05, 4.69) is 20.9 Å². The molecule has 1 heterocycles. The van der Waals surface area contributed by atoms with Crippen LogP contribution in [0.15, 0.2) is 64.4 Å². The third-order valence-electron chi connectivity index (χ3n) is 5.99. The maximum atomic E-state index is 12.8. The van der Waals surface area contributed by atoms with Gasteiger partial charge in [-0.1, -0.05) is 43.5 Å². The Morgan fingerprint density at radius 2 is 1.64 bits per heavy atom. The van der Waals surface area contributed by atoms with E-state index in [0.29, 0.717) is 11.5 Å². The lowest BCUT2D eigenvalue weighted by molar-refractivity contribution is -0.138. The molecule has 4 rings (SSSR count). The van der Waals surface area contributed by atoms with E-state index in [1.54, 1.807) is 12.1 Å². The number of aliphatic carboxylic acids is 1. The molecule has 10 nitrogen and oxygen atoms in total. The standard InChI is InChI=1S/C26H28N4O6/c31-21(32)15-28-24(34)22(25(35)29-18-6-2-1-3-7-18)23(33)27-14-16-10-12-17(13-11-16)26-30-19-8-4-5-9-20(19)36-26/h4-5,8-13,18,27,33H,1-3,6-7,14-15H2,(H,28,34)(H,29,35)(H,31,32). The summed E-state index contributed by atoms with van der Waals surface area (Å²) < 4.78 is 5.77. The van der Waals surface area contributed by atoms with Gasteiger partial charge in [-0.3, -0.25) is 14.4 Å². The van der Waals surface area contributed by atoms with Crippen LogP contribution >= 0.6 is 0 Å². The van der Waals surface area contributed by atoms with Crippen molar-refractivity contribution in [2.45, 2.75) is 44.7 Å². The van der Waals surface area contributed by atoms with Crippen LogP contribution in [0.25, 0.3) is 22.6 Å². The zero-order valence-corrected chi connectivity index (χ0v) is 19.6. The van der Waals surface area contributed by atoms with E-state index in [1.165, 1.54) is 0 Å². The summed E-state index contributed by atoms with van der Waals surface area (Å²) in [4.78, 5) is 40.7. The number of hydrogen-bond acceptors (Lipinski definition) is 7. The summed E-state index contributed by atoms with van der Waals surface area (Å²) in [7, 11) is 0.